The number of amides is 1. The number of anilines is 1. The van der Waals surface area contributed by atoms with Crippen LogP contribution in [0.4, 0.5) is 19.0 Å². The van der Waals surface area contributed by atoms with Crippen molar-refractivity contribution in [1.29, 1.82) is 0 Å². The smallest absolute Gasteiger partial charge is 0.410 e. The van der Waals surface area contributed by atoms with Crippen molar-refractivity contribution in [3.63, 3.8) is 0 Å². The molecule has 0 saturated heterocycles. The molecule has 3 atom stereocenters. The molecule has 10 heteroatoms. The Kier molecular flexibility index (Phi) is 4.94. The number of nitrogens with one attached hydrogen (secondary N) is 2. The summed E-state index contributed by atoms with van der Waals surface area (Å²) in [6.07, 6.45) is -3.39. The molecule has 0 unspecified atom stereocenters. The molecule has 0 aromatic carbocycles. The molecule has 7 nitrogen and oxygen atoms in total. The zero-order valence-corrected chi connectivity index (χ0v) is 14.2. The highest BCUT2D eigenvalue weighted by Gasteiger charge is 2.47. The van der Waals surface area contributed by atoms with E-state index in [1.165, 1.54) is 19.4 Å². The molecule has 0 bridgehead atoms. The normalized spacial score (nSPS) is 21.0. The maximum Gasteiger partial charge on any atom is 0.410 e. The molecular formula is C16H19F3N4O3. The van der Waals surface area contributed by atoms with Crippen molar-refractivity contribution in [3.05, 3.63) is 35.9 Å². The van der Waals surface area contributed by atoms with E-state index >= 15 is 0 Å². The molecule has 1 aliphatic heterocycles. The van der Waals surface area contributed by atoms with Crippen LogP contribution in [-0.4, -0.2) is 41.6 Å². The van der Waals surface area contributed by atoms with Crippen molar-refractivity contribution in [3.8, 4) is 0 Å². The van der Waals surface area contributed by atoms with Gasteiger partial charge in [0.2, 0.25) is 0 Å². The van der Waals surface area contributed by atoms with Crippen molar-refractivity contribution in [2.24, 2.45) is 0 Å². The highest BCUT2D eigenvalue weighted by molar-refractivity contribution is 5.93. The van der Waals surface area contributed by atoms with E-state index in [1.807, 2.05) is 0 Å². The third-order valence-electron chi connectivity index (χ3n) is 4.10. The van der Waals surface area contributed by atoms with E-state index in [2.05, 4.69) is 15.7 Å². The maximum absolute atomic E-state index is 13.5. The molecule has 2 aromatic rings. The summed E-state index contributed by atoms with van der Waals surface area (Å²) in [5.41, 5.74) is -0.0928. The Hall–Kier alpha value is -2.49. The lowest BCUT2D eigenvalue weighted by Crippen LogP contribution is -2.37. The summed E-state index contributed by atoms with van der Waals surface area (Å²) < 4.78 is 51.5. The fourth-order valence-corrected chi connectivity index (χ4v) is 2.95. The molecule has 3 heterocycles. The zero-order valence-electron chi connectivity index (χ0n) is 14.2. The van der Waals surface area contributed by atoms with Gasteiger partial charge in [0.1, 0.15) is 11.6 Å². The molecule has 142 valence electrons. The lowest BCUT2D eigenvalue weighted by Gasteiger charge is -2.32. The van der Waals surface area contributed by atoms with Gasteiger partial charge in [-0.2, -0.15) is 18.3 Å². The van der Waals surface area contributed by atoms with E-state index in [-0.39, 0.29) is 30.6 Å². The molecule has 1 amide bonds. The minimum atomic E-state index is -4.51. The van der Waals surface area contributed by atoms with Gasteiger partial charge >= 0.3 is 6.18 Å². The van der Waals surface area contributed by atoms with Crippen LogP contribution in [-0.2, 0) is 4.74 Å². The number of nitrogens with zero attached hydrogens (tertiary/aromatic N) is 2. The number of rotatable bonds is 5. The Morgan fingerprint density at radius 3 is 2.96 bits per heavy atom. The number of ether oxygens (including phenoxy) is 1. The third-order valence-corrected chi connectivity index (χ3v) is 4.10. The first-order chi connectivity index (χ1) is 12.3. The van der Waals surface area contributed by atoms with Gasteiger partial charge in [-0.05, 0) is 19.1 Å². The number of hydrogen-bond acceptors (Lipinski definition) is 5. The number of carbonyl (C=O) groups is 1. The van der Waals surface area contributed by atoms with Crippen molar-refractivity contribution < 1.29 is 27.1 Å². The molecule has 0 spiro atoms. The quantitative estimate of drug-likeness (QED) is 0.844. The number of halogens is 3. The standard InChI is InChI=1S/C16H19F3N4O3/c1-9(8-25-2)20-15(24)11-7-14-21-10(12-4-3-5-26-12)6-13(16(17,18)19)23(14)22-11/h3-5,7,9-10,13,21H,6,8H2,1-2H3,(H,20,24)/t9-,10-,13+/m1/s1. The highest BCUT2D eigenvalue weighted by atomic mass is 19.4. The summed E-state index contributed by atoms with van der Waals surface area (Å²) in [7, 11) is 1.49. The molecule has 2 N–H and O–H groups in total. The van der Waals surface area contributed by atoms with E-state index in [1.54, 1.807) is 19.1 Å². The fraction of sp³-hybridized carbons (Fsp3) is 0.500. The zero-order chi connectivity index (χ0) is 18.9. The van der Waals surface area contributed by atoms with E-state index in [0.717, 1.165) is 4.68 Å². The largest absolute Gasteiger partial charge is 0.467 e. The number of carbonyl (C=O) groups excluding carboxylic acids is 1. The minimum Gasteiger partial charge on any atom is -0.467 e. The Bertz CT molecular complexity index is 757. The predicted octanol–water partition coefficient (Wildman–Crippen LogP) is 2.90. The van der Waals surface area contributed by atoms with Gasteiger partial charge in [0, 0.05) is 25.6 Å². The second-order valence-electron chi connectivity index (χ2n) is 6.19. The summed E-state index contributed by atoms with van der Waals surface area (Å²) in [6, 6.07) is 1.71. The summed E-state index contributed by atoms with van der Waals surface area (Å²) in [6.45, 7) is 2.00. The Morgan fingerprint density at radius 2 is 2.35 bits per heavy atom. The van der Waals surface area contributed by atoms with Crippen LogP contribution in [0.25, 0.3) is 0 Å². The molecule has 26 heavy (non-hydrogen) atoms. The van der Waals surface area contributed by atoms with Gasteiger partial charge in [-0.25, -0.2) is 4.68 Å². The molecule has 0 aliphatic carbocycles. The topological polar surface area (TPSA) is 81.3 Å². The van der Waals surface area contributed by atoms with Gasteiger partial charge in [-0.3, -0.25) is 4.79 Å². The Labute approximate surface area is 147 Å². The molecular weight excluding hydrogens is 353 g/mol. The van der Waals surface area contributed by atoms with Crippen molar-refractivity contribution in [1.82, 2.24) is 15.1 Å². The van der Waals surface area contributed by atoms with Crippen LogP contribution in [0.5, 0.6) is 0 Å². The van der Waals surface area contributed by atoms with E-state index in [9.17, 15) is 18.0 Å². The third kappa shape index (κ3) is 3.69. The lowest BCUT2D eigenvalue weighted by molar-refractivity contribution is -0.174. The second-order valence-corrected chi connectivity index (χ2v) is 6.19. The van der Waals surface area contributed by atoms with Crippen LogP contribution in [0.1, 0.15) is 41.7 Å². The van der Waals surface area contributed by atoms with Crippen LogP contribution in [0.3, 0.4) is 0 Å². The van der Waals surface area contributed by atoms with Crippen molar-refractivity contribution in [2.75, 3.05) is 19.0 Å². The SMILES string of the molecule is COC[C@@H](C)NC(=O)c1cc2n(n1)[C@H](C(F)(F)F)C[C@H](c1ccco1)N2. The fourth-order valence-electron chi connectivity index (χ4n) is 2.95. The number of hydrogen-bond donors (Lipinski definition) is 2. The molecule has 1 aliphatic rings. The average molecular weight is 372 g/mol. The molecule has 3 rings (SSSR count). The number of furan rings is 1. The van der Waals surface area contributed by atoms with Gasteiger partial charge in [-0.1, -0.05) is 0 Å². The van der Waals surface area contributed by atoms with E-state index in [4.69, 9.17) is 9.15 Å². The molecule has 0 saturated carbocycles. The first-order valence-corrected chi connectivity index (χ1v) is 8.05. The highest BCUT2D eigenvalue weighted by Crippen LogP contribution is 2.43. The maximum atomic E-state index is 13.5. The minimum absolute atomic E-state index is 0.0928. The summed E-state index contributed by atoms with van der Waals surface area (Å²) in [5.74, 6) is -0.0512. The number of fused-ring (bicyclic) bond motifs is 1. The second kappa shape index (κ2) is 7.02. The van der Waals surface area contributed by atoms with Crippen molar-refractivity contribution in [2.45, 2.75) is 37.6 Å². The van der Waals surface area contributed by atoms with Gasteiger partial charge in [0.15, 0.2) is 11.7 Å². The van der Waals surface area contributed by atoms with Crippen LogP contribution < -0.4 is 10.6 Å². The lowest BCUT2D eigenvalue weighted by atomic mass is 10.0. The van der Waals surface area contributed by atoms with Gasteiger partial charge in [0.05, 0.1) is 18.9 Å². The van der Waals surface area contributed by atoms with Crippen LogP contribution in [0.15, 0.2) is 28.9 Å². The monoisotopic (exact) mass is 372 g/mol. The Balaban J connectivity index is 1.88. The number of alkyl halides is 3. The predicted molar refractivity (Wildman–Crippen MR) is 85.8 cm³/mol. The Morgan fingerprint density at radius 1 is 1.58 bits per heavy atom. The molecule has 2 aromatic heterocycles. The van der Waals surface area contributed by atoms with Gasteiger partial charge in [0.25, 0.3) is 5.91 Å². The van der Waals surface area contributed by atoms with Crippen molar-refractivity contribution >= 4 is 11.7 Å². The average Bonchev–Trinajstić information content (AvgIpc) is 3.22. The number of aromatic nitrogens is 2. The van der Waals surface area contributed by atoms with E-state index in [0.29, 0.717) is 5.76 Å². The first kappa shape index (κ1) is 18.3. The van der Waals surface area contributed by atoms with Gasteiger partial charge < -0.3 is 19.8 Å². The van der Waals surface area contributed by atoms with E-state index < -0.39 is 24.2 Å². The number of methoxy groups -OCH3 is 1. The van der Waals surface area contributed by atoms with Gasteiger partial charge in [-0.15, -0.1) is 0 Å². The molecule has 0 radical (unpaired) electrons. The molecule has 0 fully saturated rings. The summed E-state index contributed by atoms with van der Waals surface area (Å²) in [4.78, 5) is 12.2. The first-order valence-electron chi connectivity index (χ1n) is 8.05. The summed E-state index contributed by atoms with van der Waals surface area (Å²) in [5, 5.41) is 9.47. The van der Waals surface area contributed by atoms with Crippen LogP contribution >= 0.6 is 0 Å². The van der Waals surface area contributed by atoms with Crippen LogP contribution in [0, 0.1) is 0 Å². The summed E-state index contributed by atoms with van der Waals surface area (Å²) >= 11 is 0. The van der Waals surface area contributed by atoms with Crippen LogP contribution in [0.2, 0.25) is 0 Å².